The van der Waals surface area contributed by atoms with E-state index in [0.717, 1.165) is 41.4 Å². The summed E-state index contributed by atoms with van der Waals surface area (Å²) in [4.78, 5) is 18.0. The first-order valence-electron chi connectivity index (χ1n) is 11.7. The zero-order valence-electron chi connectivity index (χ0n) is 19.8. The van der Waals surface area contributed by atoms with Crippen LogP contribution in [-0.2, 0) is 17.6 Å². The lowest BCUT2D eigenvalue weighted by molar-refractivity contribution is -0.115. The molecule has 2 aromatic carbocycles. The number of nitriles is 1. The number of hydrogen-bond donors (Lipinski definition) is 1. The van der Waals surface area contributed by atoms with Gasteiger partial charge in [-0.1, -0.05) is 69.8 Å². The van der Waals surface area contributed by atoms with Crippen molar-refractivity contribution in [3.63, 3.8) is 0 Å². The number of fused-ring (bicyclic) bond motifs is 2. The minimum absolute atomic E-state index is 0.0611. The minimum atomic E-state index is -0.319. The van der Waals surface area contributed by atoms with Crippen molar-refractivity contribution in [1.82, 2.24) is 4.98 Å². The number of nitrogens with zero attached hydrogens (tertiary/aromatic N) is 2. The Kier molecular flexibility index (Phi) is 6.76. The standard InChI is InChI=1S/C28H31N3OS/c1-5-25(26(32)30-23-12-10-18-8-6-7-9-19(18)16-23)33-27-21(17-29)14-20-15-22(28(2,3)4)11-13-24(20)31-27/h6-10,12,14,16,22,25H,5,11,13,15H2,1-4H3,(H,30,32). The molecule has 0 fully saturated rings. The second-order valence-corrected chi connectivity index (χ2v) is 11.1. The van der Waals surface area contributed by atoms with Gasteiger partial charge in [0.1, 0.15) is 11.1 Å². The molecule has 33 heavy (non-hydrogen) atoms. The van der Waals surface area contributed by atoms with Crippen molar-refractivity contribution >= 4 is 34.1 Å². The van der Waals surface area contributed by atoms with E-state index in [1.165, 1.54) is 17.3 Å². The highest BCUT2D eigenvalue weighted by Gasteiger charge is 2.30. The van der Waals surface area contributed by atoms with Gasteiger partial charge in [0, 0.05) is 11.4 Å². The summed E-state index contributed by atoms with van der Waals surface area (Å²) in [7, 11) is 0. The second kappa shape index (κ2) is 9.57. The summed E-state index contributed by atoms with van der Waals surface area (Å²) in [5.74, 6) is 0.530. The third-order valence-corrected chi connectivity index (χ3v) is 8.00. The normalized spacial score (nSPS) is 16.6. The van der Waals surface area contributed by atoms with Gasteiger partial charge in [-0.25, -0.2) is 4.98 Å². The number of aromatic nitrogens is 1. The zero-order valence-corrected chi connectivity index (χ0v) is 20.6. The van der Waals surface area contributed by atoms with Gasteiger partial charge in [0.15, 0.2) is 0 Å². The first kappa shape index (κ1) is 23.3. The minimum Gasteiger partial charge on any atom is -0.325 e. The maximum Gasteiger partial charge on any atom is 0.237 e. The summed E-state index contributed by atoms with van der Waals surface area (Å²) >= 11 is 1.40. The van der Waals surface area contributed by atoms with E-state index in [1.807, 2.05) is 49.4 Å². The molecule has 1 amide bonds. The predicted molar refractivity (Wildman–Crippen MR) is 136 cm³/mol. The molecule has 0 spiro atoms. The number of benzene rings is 2. The number of rotatable bonds is 5. The fourth-order valence-electron chi connectivity index (χ4n) is 4.50. The molecule has 3 aromatic rings. The molecule has 0 bridgehead atoms. The van der Waals surface area contributed by atoms with Gasteiger partial charge in [0.05, 0.1) is 10.8 Å². The summed E-state index contributed by atoms with van der Waals surface area (Å²) in [5.41, 5.74) is 3.87. The summed E-state index contributed by atoms with van der Waals surface area (Å²) in [6.45, 7) is 8.85. The van der Waals surface area contributed by atoms with Gasteiger partial charge in [-0.2, -0.15) is 5.26 Å². The van der Waals surface area contributed by atoms with Crippen LogP contribution in [0.1, 0.15) is 57.4 Å². The summed E-state index contributed by atoms with van der Waals surface area (Å²) in [6, 6.07) is 18.4. The Labute approximate surface area is 200 Å². The molecule has 2 unspecified atom stereocenters. The smallest absolute Gasteiger partial charge is 0.237 e. The Morgan fingerprint density at radius 1 is 1.21 bits per heavy atom. The van der Waals surface area contributed by atoms with E-state index < -0.39 is 0 Å². The first-order chi connectivity index (χ1) is 15.8. The number of nitrogens with one attached hydrogen (secondary N) is 1. The van der Waals surface area contributed by atoms with Crippen molar-refractivity contribution in [3.8, 4) is 6.07 Å². The zero-order chi connectivity index (χ0) is 23.6. The van der Waals surface area contributed by atoms with Crippen LogP contribution in [0.5, 0.6) is 0 Å². The molecule has 1 N–H and O–H groups in total. The maximum atomic E-state index is 13.1. The Morgan fingerprint density at radius 3 is 2.67 bits per heavy atom. The average molecular weight is 458 g/mol. The van der Waals surface area contributed by atoms with Gasteiger partial charge in [0.2, 0.25) is 5.91 Å². The largest absolute Gasteiger partial charge is 0.325 e. The van der Waals surface area contributed by atoms with Crippen LogP contribution < -0.4 is 5.32 Å². The molecule has 1 aliphatic rings. The summed E-state index contributed by atoms with van der Waals surface area (Å²) in [6.07, 6.45) is 3.65. The number of thioether (sulfide) groups is 1. The van der Waals surface area contributed by atoms with Crippen LogP contribution in [-0.4, -0.2) is 16.1 Å². The average Bonchev–Trinajstić information content (AvgIpc) is 2.80. The number of carbonyl (C=O) groups is 1. The highest BCUT2D eigenvalue weighted by Crippen LogP contribution is 2.38. The van der Waals surface area contributed by atoms with Crippen LogP contribution in [0.3, 0.4) is 0 Å². The third-order valence-electron chi connectivity index (χ3n) is 6.63. The van der Waals surface area contributed by atoms with Gasteiger partial charge in [0.25, 0.3) is 0 Å². The van der Waals surface area contributed by atoms with Crippen LogP contribution in [0.4, 0.5) is 5.69 Å². The Hall–Kier alpha value is -2.84. The monoisotopic (exact) mass is 457 g/mol. The van der Waals surface area contributed by atoms with Gasteiger partial charge in [-0.3, -0.25) is 4.79 Å². The maximum absolute atomic E-state index is 13.1. The van der Waals surface area contributed by atoms with Crippen molar-refractivity contribution < 1.29 is 4.79 Å². The molecular formula is C28H31N3OS. The fraction of sp³-hybridized carbons (Fsp3) is 0.393. The molecule has 1 aromatic heterocycles. The van der Waals surface area contributed by atoms with Crippen molar-refractivity contribution in [2.75, 3.05) is 5.32 Å². The molecule has 1 heterocycles. The third kappa shape index (κ3) is 5.23. The van der Waals surface area contributed by atoms with Crippen molar-refractivity contribution in [1.29, 1.82) is 5.26 Å². The quantitative estimate of drug-likeness (QED) is 0.430. The van der Waals surface area contributed by atoms with Crippen LogP contribution in [0.15, 0.2) is 53.6 Å². The fourth-order valence-corrected chi connectivity index (χ4v) is 5.50. The Morgan fingerprint density at radius 2 is 1.97 bits per heavy atom. The highest BCUT2D eigenvalue weighted by atomic mass is 32.2. The van der Waals surface area contributed by atoms with E-state index in [2.05, 4.69) is 38.2 Å². The van der Waals surface area contributed by atoms with Gasteiger partial charge in [-0.05, 0) is 71.6 Å². The molecule has 5 heteroatoms. The van der Waals surface area contributed by atoms with Crippen LogP contribution in [0.25, 0.3) is 10.8 Å². The van der Waals surface area contributed by atoms with E-state index in [0.29, 0.717) is 22.9 Å². The van der Waals surface area contributed by atoms with Gasteiger partial charge < -0.3 is 5.32 Å². The molecule has 1 aliphatic carbocycles. The van der Waals surface area contributed by atoms with Gasteiger partial charge in [-0.15, -0.1) is 0 Å². The number of pyridine rings is 1. The summed E-state index contributed by atoms with van der Waals surface area (Å²) in [5, 5.41) is 15.4. The number of amides is 1. The van der Waals surface area contributed by atoms with E-state index >= 15 is 0 Å². The van der Waals surface area contributed by atoms with Crippen molar-refractivity contribution in [3.05, 3.63) is 65.4 Å². The van der Waals surface area contributed by atoms with E-state index in [1.54, 1.807) is 0 Å². The lowest BCUT2D eigenvalue weighted by Gasteiger charge is -2.34. The summed E-state index contributed by atoms with van der Waals surface area (Å²) < 4.78 is 0. The molecule has 0 saturated heterocycles. The lowest BCUT2D eigenvalue weighted by Crippen LogP contribution is -2.28. The predicted octanol–water partition coefficient (Wildman–Crippen LogP) is 6.77. The van der Waals surface area contributed by atoms with Crippen molar-refractivity contribution in [2.24, 2.45) is 11.3 Å². The molecule has 2 atom stereocenters. The molecule has 4 nitrogen and oxygen atoms in total. The molecule has 170 valence electrons. The Balaban J connectivity index is 1.52. The van der Waals surface area contributed by atoms with Crippen LogP contribution in [0.2, 0.25) is 0 Å². The van der Waals surface area contributed by atoms with E-state index in [4.69, 9.17) is 4.98 Å². The number of hydrogen-bond acceptors (Lipinski definition) is 4. The Bertz CT molecular complexity index is 1220. The lowest BCUT2D eigenvalue weighted by atomic mass is 9.71. The first-order valence-corrected chi connectivity index (χ1v) is 12.6. The molecule has 4 rings (SSSR count). The second-order valence-electron chi connectivity index (χ2n) is 9.93. The number of carbonyl (C=O) groups excluding carboxylic acids is 1. The molecule has 0 radical (unpaired) electrons. The highest BCUT2D eigenvalue weighted by molar-refractivity contribution is 8.00. The number of anilines is 1. The SMILES string of the molecule is CCC(Sc1nc2c(cc1C#N)CC(C(C)(C)C)CC2)C(=O)Nc1ccc2ccccc2c1. The molecular weight excluding hydrogens is 426 g/mol. The molecule has 0 saturated carbocycles. The number of aryl methyl sites for hydroxylation is 1. The molecule has 0 aliphatic heterocycles. The topological polar surface area (TPSA) is 65.8 Å². The van der Waals surface area contributed by atoms with Crippen LogP contribution in [0, 0.1) is 22.7 Å². The van der Waals surface area contributed by atoms with E-state index in [9.17, 15) is 10.1 Å². The van der Waals surface area contributed by atoms with E-state index in [-0.39, 0.29) is 16.6 Å². The van der Waals surface area contributed by atoms with Crippen molar-refractivity contribution in [2.45, 2.75) is 63.7 Å². The van der Waals surface area contributed by atoms with Gasteiger partial charge >= 0.3 is 0 Å². The van der Waals surface area contributed by atoms with Crippen LogP contribution >= 0.6 is 11.8 Å².